The number of benzene rings is 2. The van der Waals surface area contributed by atoms with Crippen LogP contribution in [0.1, 0.15) is 26.3 Å². The summed E-state index contributed by atoms with van der Waals surface area (Å²) < 4.78 is 60.7. The van der Waals surface area contributed by atoms with Crippen molar-refractivity contribution in [2.75, 3.05) is 11.8 Å². The standard InChI is InChI=1S/C28H26F2N4O4S/c1-28(2,3)33-26(35)10-6-17-11-12-31-23-8-5-18(13-21(17)23)19-14-24(27(38-4)32-16-19)34-39(36,37)25-9-7-20(29)15-22(25)30/h5-16,34H,1-4H3,(H,33,35). The number of methoxy groups -OCH3 is 1. The summed E-state index contributed by atoms with van der Waals surface area (Å²) in [4.78, 5) is 20.1. The van der Waals surface area contributed by atoms with E-state index in [-0.39, 0.29) is 23.0 Å². The van der Waals surface area contributed by atoms with Crippen molar-refractivity contribution in [2.45, 2.75) is 31.2 Å². The molecule has 2 N–H and O–H groups in total. The largest absolute Gasteiger partial charge is 0.480 e. The highest BCUT2D eigenvalue weighted by atomic mass is 32.2. The second kappa shape index (κ2) is 10.8. The van der Waals surface area contributed by atoms with E-state index in [1.54, 1.807) is 30.5 Å². The Morgan fingerprint density at radius 3 is 2.46 bits per heavy atom. The Labute approximate surface area is 224 Å². The number of fused-ring (bicyclic) bond motifs is 1. The number of hydrogen-bond acceptors (Lipinski definition) is 6. The molecule has 2 heterocycles. The topological polar surface area (TPSA) is 110 Å². The number of nitrogens with zero attached hydrogens (tertiary/aromatic N) is 2. The number of halogens is 2. The van der Waals surface area contributed by atoms with Gasteiger partial charge in [-0.3, -0.25) is 14.5 Å². The minimum absolute atomic E-state index is 0.0380. The number of rotatable bonds is 7. The first-order valence-electron chi connectivity index (χ1n) is 11.8. The van der Waals surface area contributed by atoms with E-state index in [1.165, 1.54) is 25.4 Å². The van der Waals surface area contributed by atoms with Crippen LogP contribution >= 0.6 is 0 Å². The minimum atomic E-state index is -4.43. The highest BCUT2D eigenvalue weighted by Gasteiger charge is 2.22. The van der Waals surface area contributed by atoms with E-state index in [4.69, 9.17) is 4.74 Å². The maximum Gasteiger partial charge on any atom is 0.264 e. The number of anilines is 1. The van der Waals surface area contributed by atoms with Gasteiger partial charge in [0.1, 0.15) is 22.2 Å². The molecule has 2 aromatic carbocycles. The number of pyridine rings is 2. The molecule has 8 nitrogen and oxygen atoms in total. The van der Waals surface area contributed by atoms with Crippen molar-refractivity contribution in [3.8, 4) is 17.0 Å². The first-order chi connectivity index (χ1) is 18.4. The highest BCUT2D eigenvalue weighted by Crippen LogP contribution is 2.32. The third kappa shape index (κ3) is 6.55. The number of carbonyl (C=O) groups is 1. The van der Waals surface area contributed by atoms with Crippen molar-refractivity contribution in [3.05, 3.63) is 84.2 Å². The van der Waals surface area contributed by atoms with Crippen LogP contribution in [0.25, 0.3) is 28.1 Å². The van der Waals surface area contributed by atoms with E-state index < -0.39 is 26.6 Å². The third-order valence-electron chi connectivity index (χ3n) is 5.49. The Morgan fingerprint density at radius 2 is 1.77 bits per heavy atom. The number of sulfonamides is 1. The number of nitrogens with one attached hydrogen (secondary N) is 2. The van der Waals surface area contributed by atoms with Gasteiger partial charge >= 0.3 is 0 Å². The number of carbonyl (C=O) groups excluding carboxylic acids is 1. The lowest BCUT2D eigenvalue weighted by atomic mass is 10.0. The zero-order valence-electron chi connectivity index (χ0n) is 21.6. The summed E-state index contributed by atoms with van der Waals surface area (Å²) >= 11 is 0. The zero-order chi connectivity index (χ0) is 28.4. The van der Waals surface area contributed by atoms with E-state index in [9.17, 15) is 22.0 Å². The molecule has 2 aromatic heterocycles. The Balaban J connectivity index is 1.71. The molecule has 0 unspecified atom stereocenters. The zero-order valence-corrected chi connectivity index (χ0v) is 22.4. The van der Waals surface area contributed by atoms with Crippen molar-refractivity contribution >= 4 is 38.6 Å². The molecule has 4 aromatic rings. The van der Waals surface area contributed by atoms with E-state index in [0.717, 1.165) is 23.1 Å². The van der Waals surface area contributed by atoms with Gasteiger partial charge < -0.3 is 10.1 Å². The van der Waals surface area contributed by atoms with Gasteiger partial charge in [-0.05, 0) is 74.4 Å². The van der Waals surface area contributed by atoms with Gasteiger partial charge in [0.25, 0.3) is 10.0 Å². The molecule has 0 spiro atoms. The van der Waals surface area contributed by atoms with E-state index in [2.05, 4.69) is 20.0 Å². The average molecular weight is 553 g/mol. The van der Waals surface area contributed by atoms with Crippen molar-refractivity contribution < 1.29 is 26.7 Å². The summed E-state index contributed by atoms with van der Waals surface area (Å²) in [5, 5.41) is 3.62. The predicted octanol–water partition coefficient (Wildman–Crippen LogP) is 5.31. The van der Waals surface area contributed by atoms with Gasteiger partial charge in [-0.25, -0.2) is 22.2 Å². The van der Waals surface area contributed by atoms with Crippen LogP contribution in [-0.4, -0.2) is 36.9 Å². The van der Waals surface area contributed by atoms with Gasteiger partial charge in [0.2, 0.25) is 11.8 Å². The second-order valence-corrected chi connectivity index (χ2v) is 11.3. The lowest BCUT2D eigenvalue weighted by molar-refractivity contribution is -0.117. The molecule has 0 aliphatic rings. The summed E-state index contributed by atoms with van der Waals surface area (Å²) in [5.41, 5.74) is 2.22. The fourth-order valence-corrected chi connectivity index (χ4v) is 4.92. The predicted molar refractivity (Wildman–Crippen MR) is 146 cm³/mol. The first-order valence-corrected chi connectivity index (χ1v) is 13.3. The van der Waals surface area contributed by atoms with Crippen molar-refractivity contribution in [1.82, 2.24) is 15.3 Å². The molecule has 202 valence electrons. The second-order valence-electron chi connectivity index (χ2n) is 9.67. The number of amides is 1. The molecular formula is C28H26F2N4O4S. The quantitative estimate of drug-likeness (QED) is 0.301. The fourth-order valence-electron chi connectivity index (χ4n) is 3.81. The molecule has 0 aliphatic carbocycles. The van der Waals surface area contributed by atoms with Crippen LogP contribution in [0.4, 0.5) is 14.5 Å². The maximum absolute atomic E-state index is 14.2. The van der Waals surface area contributed by atoms with E-state index >= 15 is 0 Å². The summed E-state index contributed by atoms with van der Waals surface area (Å²) in [6.07, 6.45) is 6.28. The molecule has 0 fully saturated rings. The molecule has 0 atom stereocenters. The van der Waals surface area contributed by atoms with E-state index in [1.807, 2.05) is 26.8 Å². The van der Waals surface area contributed by atoms with Gasteiger partial charge in [0, 0.05) is 41.0 Å². The van der Waals surface area contributed by atoms with Crippen molar-refractivity contribution in [2.24, 2.45) is 0 Å². The molecule has 0 saturated carbocycles. The molecule has 0 aliphatic heterocycles. The molecule has 0 saturated heterocycles. The van der Waals surface area contributed by atoms with Crippen LogP contribution in [0.5, 0.6) is 5.88 Å². The first kappa shape index (κ1) is 27.6. The Bertz CT molecular complexity index is 1700. The third-order valence-corrected chi connectivity index (χ3v) is 6.89. The molecule has 0 bridgehead atoms. The van der Waals surface area contributed by atoms with Gasteiger partial charge in [0.15, 0.2) is 0 Å². The molecule has 11 heteroatoms. The summed E-state index contributed by atoms with van der Waals surface area (Å²) in [7, 11) is -3.12. The fraction of sp³-hybridized carbons (Fsp3) is 0.179. The van der Waals surface area contributed by atoms with Crippen molar-refractivity contribution in [1.29, 1.82) is 0 Å². The number of aromatic nitrogens is 2. The minimum Gasteiger partial charge on any atom is -0.480 e. The normalized spacial score (nSPS) is 12.1. The Hall–Kier alpha value is -4.38. The lowest BCUT2D eigenvalue weighted by Gasteiger charge is -2.19. The Morgan fingerprint density at radius 1 is 1.00 bits per heavy atom. The van der Waals surface area contributed by atoms with Crippen LogP contribution in [0, 0.1) is 11.6 Å². The smallest absolute Gasteiger partial charge is 0.264 e. The summed E-state index contributed by atoms with van der Waals surface area (Å²) in [5.74, 6) is -2.41. The van der Waals surface area contributed by atoms with Crippen LogP contribution in [0.2, 0.25) is 0 Å². The maximum atomic E-state index is 14.2. The van der Waals surface area contributed by atoms with Gasteiger partial charge in [0.05, 0.1) is 12.6 Å². The molecule has 4 rings (SSSR count). The van der Waals surface area contributed by atoms with Crippen molar-refractivity contribution in [3.63, 3.8) is 0 Å². The monoisotopic (exact) mass is 552 g/mol. The Kier molecular flexibility index (Phi) is 7.64. The SMILES string of the molecule is COc1ncc(-c2ccc3nccc(C=CC(=O)NC(C)(C)C)c3c2)cc1NS(=O)(=O)c1ccc(F)cc1F. The molecule has 1 amide bonds. The molecule has 39 heavy (non-hydrogen) atoms. The molecular weight excluding hydrogens is 526 g/mol. The highest BCUT2D eigenvalue weighted by molar-refractivity contribution is 7.92. The van der Waals surface area contributed by atoms with Gasteiger partial charge in [-0.15, -0.1) is 0 Å². The van der Waals surface area contributed by atoms with Crippen LogP contribution in [0.15, 0.2) is 71.9 Å². The van der Waals surface area contributed by atoms with Crippen LogP contribution in [0.3, 0.4) is 0 Å². The lowest BCUT2D eigenvalue weighted by Crippen LogP contribution is -2.39. The van der Waals surface area contributed by atoms with Gasteiger partial charge in [-0.1, -0.05) is 6.07 Å². The van der Waals surface area contributed by atoms with Crippen LogP contribution < -0.4 is 14.8 Å². The average Bonchev–Trinajstić information content (AvgIpc) is 2.85. The van der Waals surface area contributed by atoms with Gasteiger partial charge in [-0.2, -0.15) is 0 Å². The summed E-state index contributed by atoms with van der Waals surface area (Å²) in [6, 6.07) is 10.9. The molecule has 0 radical (unpaired) electrons. The van der Waals surface area contributed by atoms with E-state index in [0.29, 0.717) is 22.7 Å². The van der Waals surface area contributed by atoms with Crippen LogP contribution in [-0.2, 0) is 14.8 Å². The number of ether oxygens (including phenoxy) is 1. The summed E-state index contributed by atoms with van der Waals surface area (Å²) in [6.45, 7) is 5.67. The number of hydrogen-bond donors (Lipinski definition) is 2.